The van der Waals surface area contributed by atoms with Gasteiger partial charge in [-0.3, -0.25) is 4.79 Å². The maximum atomic E-state index is 12.9. The number of carbonyl (C=O) groups is 1. The van der Waals surface area contributed by atoms with Crippen LogP contribution in [0.25, 0.3) is 0 Å². The number of alkyl halides is 1. The predicted octanol–water partition coefficient (Wildman–Crippen LogP) is 2.89. The molecule has 0 spiro atoms. The Hall–Kier alpha value is -1.09. The topological polar surface area (TPSA) is 37.3 Å². The van der Waals surface area contributed by atoms with Gasteiger partial charge >= 0.3 is 5.97 Å². The predicted molar refractivity (Wildman–Crippen MR) is 52.0 cm³/mol. The van der Waals surface area contributed by atoms with Crippen molar-refractivity contribution in [2.24, 2.45) is 0 Å². The van der Waals surface area contributed by atoms with E-state index in [1.165, 1.54) is 12.1 Å². The van der Waals surface area contributed by atoms with Gasteiger partial charge in [-0.15, -0.1) is 11.6 Å². The van der Waals surface area contributed by atoms with E-state index >= 15 is 0 Å². The van der Waals surface area contributed by atoms with Gasteiger partial charge in [0.1, 0.15) is 5.82 Å². The van der Waals surface area contributed by atoms with Crippen molar-refractivity contribution >= 4 is 17.6 Å². The number of halogens is 2. The van der Waals surface area contributed by atoms with E-state index in [1.807, 2.05) is 0 Å². The Kier molecular flexibility index (Phi) is 3.47. The molecule has 1 aromatic carbocycles. The summed E-state index contributed by atoms with van der Waals surface area (Å²) in [6.07, 6.45) is -0.160. The van der Waals surface area contributed by atoms with E-state index in [9.17, 15) is 9.18 Å². The SMILES string of the molecule is Cc1cc(C(Cl)CC(=O)O)ccc1F. The van der Waals surface area contributed by atoms with Crippen LogP contribution < -0.4 is 0 Å². The molecule has 0 fully saturated rings. The fourth-order valence-electron chi connectivity index (χ4n) is 1.13. The summed E-state index contributed by atoms with van der Waals surface area (Å²) in [6, 6.07) is 4.36. The molecule has 4 heteroatoms. The van der Waals surface area contributed by atoms with Crippen LogP contribution in [0.4, 0.5) is 4.39 Å². The van der Waals surface area contributed by atoms with Gasteiger partial charge in [0.25, 0.3) is 0 Å². The van der Waals surface area contributed by atoms with E-state index in [4.69, 9.17) is 16.7 Å². The molecule has 0 saturated carbocycles. The minimum absolute atomic E-state index is 0.160. The number of aliphatic carboxylic acids is 1. The smallest absolute Gasteiger partial charge is 0.305 e. The molecule has 1 aromatic rings. The average Bonchev–Trinajstić information content (AvgIpc) is 2.08. The second-order valence-corrected chi connectivity index (χ2v) is 3.60. The molecule has 2 nitrogen and oxygen atoms in total. The molecule has 0 bridgehead atoms. The minimum atomic E-state index is -0.966. The van der Waals surface area contributed by atoms with E-state index in [0.717, 1.165) is 0 Å². The van der Waals surface area contributed by atoms with Gasteiger partial charge in [0, 0.05) is 0 Å². The van der Waals surface area contributed by atoms with Gasteiger partial charge in [0.2, 0.25) is 0 Å². The molecule has 0 aromatic heterocycles. The molecule has 0 heterocycles. The van der Waals surface area contributed by atoms with Gasteiger partial charge < -0.3 is 5.11 Å². The van der Waals surface area contributed by atoms with Gasteiger partial charge in [0.05, 0.1) is 11.8 Å². The molecule has 0 aliphatic rings. The van der Waals surface area contributed by atoms with E-state index in [0.29, 0.717) is 11.1 Å². The Morgan fingerprint density at radius 1 is 1.64 bits per heavy atom. The van der Waals surface area contributed by atoms with Crippen LogP contribution in [0.5, 0.6) is 0 Å². The highest BCUT2D eigenvalue weighted by molar-refractivity contribution is 6.21. The summed E-state index contributed by atoms with van der Waals surface area (Å²) in [7, 11) is 0. The van der Waals surface area contributed by atoms with Crippen LogP contribution in [-0.2, 0) is 4.79 Å². The number of hydrogen-bond donors (Lipinski definition) is 1. The third-order valence-electron chi connectivity index (χ3n) is 1.90. The van der Waals surface area contributed by atoms with Gasteiger partial charge in [-0.25, -0.2) is 4.39 Å². The first-order valence-electron chi connectivity index (χ1n) is 4.12. The number of rotatable bonds is 3. The highest BCUT2D eigenvalue weighted by Crippen LogP contribution is 2.25. The molecule has 0 saturated heterocycles. The normalized spacial score (nSPS) is 12.5. The second-order valence-electron chi connectivity index (χ2n) is 3.07. The molecule has 1 N–H and O–H groups in total. The van der Waals surface area contributed by atoms with Crippen LogP contribution in [0.2, 0.25) is 0 Å². The lowest BCUT2D eigenvalue weighted by molar-refractivity contribution is -0.137. The zero-order valence-electron chi connectivity index (χ0n) is 7.63. The van der Waals surface area contributed by atoms with Gasteiger partial charge in [-0.1, -0.05) is 12.1 Å². The summed E-state index contributed by atoms with van der Waals surface area (Å²) < 4.78 is 12.9. The summed E-state index contributed by atoms with van der Waals surface area (Å²) in [5.74, 6) is -1.28. The lowest BCUT2D eigenvalue weighted by Gasteiger charge is -2.07. The van der Waals surface area contributed by atoms with Crippen molar-refractivity contribution in [3.8, 4) is 0 Å². The molecule has 1 atom stereocenters. The first-order valence-corrected chi connectivity index (χ1v) is 4.56. The Morgan fingerprint density at radius 2 is 2.29 bits per heavy atom. The molecule has 0 aliphatic carbocycles. The first-order chi connectivity index (χ1) is 6.50. The van der Waals surface area contributed by atoms with Crippen LogP contribution in [0.15, 0.2) is 18.2 Å². The average molecular weight is 217 g/mol. The Morgan fingerprint density at radius 3 is 2.79 bits per heavy atom. The van der Waals surface area contributed by atoms with Crippen molar-refractivity contribution in [3.05, 3.63) is 35.1 Å². The summed E-state index contributed by atoms with van der Waals surface area (Å²) in [5, 5.41) is 7.91. The number of benzene rings is 1. The minimum Gasteiger partial charge on any atom is -0.481 e. The summed E-state index contributed by atoms with van der Waals surface area (Å²) in [6.45, 7) is 1.61. The maximum absolute atomic E-state index is 12.9. The molecule has 0 aliphatic heterocycles. The highest BCUT2D eigenvalue weighted by atomic mass is 35.5. The van der Waals surface area contributed by atoms with E-state index < -0.39 is 11.3 Å². The highest BCUT2D eigenvalue weighted by Gasteiger charge is 2.13. The molecule has 0 amide bonds. The number of aryl methyl sites for hydroxylation is 1. The zero-order valence-corrected chi connectivity index (χ0v) is 8.38. The van der Waals surface area contributed by atoms with Gasteiger partial charge in [-0.05, 0) is 24.1 Å². The molecule has 0 radical (unpaired) electrons. The van der Waals surface area contributed by atoms with Gasteiger partial charge in [0.15, 0.2) is 0 Å². The Bertz CT molecular complexity index is 352. The van der Waals surface area contributed by atoms with Gasteiger partial charge in [-0.2, -0.15) is 0 Å². The summed E-state index contributed by atoms with van der Waals surface area (Å²) in [4.78, 5) is 10.4. The first kappa shape index (κ1) is 11.0. The molecule has 14 heavy (non-hydrogen) atoms. The zero-order chi connectivity index (χ0) is 10.7. The van der Waals surface area contributed by atoms with E-state index in [2.05, 4.69) is 0 Å². The maximum Gasteiger partial charge on any atom is 0.305 e. The van der Waals surface area contributed by atoms with Crippen molar-refractivity contribution in [1.29, 1.82) is 0 Å². The molecule has 76 valence electrons. The Balaban J connectivity index is 2.85. The summed E-state index contributed by atoms with van der Waals surface area (Å²) in [5.41, 5.74) is 1.10. The Labute approximate surface area is 86.3 Å². The molecular weight excluding hydrogens is 207 g/mol. The van der Waals surface area contributed by atoms with Crippen molar-refractivity contribution in [3.63, 3.8) is 0 Å². The number of carboxylic acids is 1. The van der Waals surface area contributed by atoms with Crippen LogP contribution in [0, 0.1) is 12.7 Å². The lowest BCUT2D eigenvalue weighted by Crippen LogP contribution is -2.01. The largest absolute Gasteiger partial charge is 0.481 e. The standard InChI is InChI=1S/C10H10ClFO2/c1-6-4-7(2-3-9(6)12)8(11)5-10(13)14/h2-4,8H,5H2,1H3,(H,13,14). The molecule has 1 rings (SSSR count). The third-order valence-corrected chi connectivity index (χ3v) is 2.30. The molecular formula is C10H10ClFO2. The van der Waals surface area contributed by atoms with Crippen LogP contribution in [0.1, 0.15) is 22.9 Å². The van der Waals surface area contributed by atoms with E-state index in [-0.39, 0.29) is 12.2 Å². The van der Waals surface area contributed by atoms with Crippen LogP contribution in [0.3, 0.4) is 0 Å². The van der Waals surface area contributed by atoms with Crippen molar-refractivity contribution < 1.29 is 14.3 Å². The molecule has 1 unspecified atom stereocenters. The quantitative estimate of drug-likeness (QED) is 0.789. The van der Waals surface area contributed by atoms with Crippen LogP contribution in [-0.4, -0.2) is 11.1 Å². The fourth-order valence-corrected chi connectivity index (χ4v) is 1.40. The van der Waals surface area contributed by atoms with Crippen molar-refractivity contribution in [2.75, 3.05) is 0 Å². The third kappa shape index (κ3) is 2.70. The monoisotopic (exact) mass is 216 g/mol. The van der Waals surface area contributed by atoms with Crippen molar-refractivity contribution in [2.45, 2.75) is 18.7 Å². The fraction of sp³-hybridized carbons (Fsp3) is 0.300. The number of hydrogen-bond acceptors (Lipinski definition) is 1. The van der Waals surface area contributed by atoms with Crippen LogP contribution >= 0.6 is 11.6 Å². The van der Waals surface area contributed by atoms with E-state index in [1.54, 1.807) is 13.0 Å². The second kappa shape index (κ2) is 4.42. The number of carboxylic acid groups (broad SMARTS) is 1. The summed E-state index contributed by atoms with van der Waals surface area (Å²) >= 11 is 5.82. The lowest BCUT2D eigenvalue weighted by atomic mass is 10.1. The van der Waals surface area contributed by atoms with Crippen molar-refractivity contribution in [1.82, 2.24) is 0 Å².